The van der Waals surface area contributed by atoms with Gasteiger partial charge in [0, 0.05) is 39.1 Å². The van der Waals surface area contributed by atoms with E-state index < -0.39 is 11.6 Å². The molecule has 1 aliphatic rings. The molecule has 0 bridgehead atoms. The minimum atomic E-state index is -0.590. The number of hydrazine groups is 1. The average molecular weight is 600 g/mol. The van der Waals surface area contributed by atoms with Gasteiger partial charge in [-0.25, -0.2) is 5.43 Å². The van der Waals surface area contributed by atoms with Crippen molar-refractivity contribution in [3.8, 4) is 0 Å². The lowest BCUT2D eigenvalue weighted by Gasteiger charge is -2.43. The molecule has 44 heavy (non-hydrogen) atoms. The topological polar surface area (TPSA) is 108 Å². The zero-order chi connectivity index (χ0) is 32.2. The maximum atomic E-state index is 14.2. The number of carbonyl (C=O) groups is 3. The van der Waals surface area contributed by atoms with E-state index in [0.717, 1.165) is 42.1 Å². The fourth-order valence-electron chi connectivity index (χ4n) is 5.72. The van der Waals surface area contributed by atoms with Gasteiger partial charge in [0.25, 0.3) is 0 Å². The Balaban J connectivity index is 0.000000978. The quantitative estimate of drug-likeness (QED) is 0.169. The third-order valence-corrected chi connectivity index (χ3v) is 8.02. The van der Waals surface area contributed by atoms with E-state index in [1.807, 2.05) is 43.0 Å². The van der Waals surface area contributed by atoms with E-state index in [-0.39, 0.29) is 17.2 Å². The van der Waals surface area contributed by atoms with Crippen molar-refractivity contribution < 1.29 is 14.4 Å². The van der Waals surface area contributed by atoms with Crippen LogP contribution in [0.25, 0.3) is 10.8 Å². The third-order valence-electron chi connectivity index (χ3n) is 8.02. The lowest BCUT2D eigenvalue weighted by atomic mass is 9.76. The first-order chi connectivity index (χ1) is 20.9. The third kappa shape index (κ3) is 10.6. The molecule has 0 saturated carbocycles. The number of rotatable bonds is 11. The minimum absolute atomic E-state index is 0.00203. The fraction of sp³-hybridized carbons (Fsp3) is 0.417. The number of nitrogens with two attached hydrogens (primary N) is 1. The van der Waals surface area contributed by atoms with E-state index >= 15 is 0 Å². The van der Waals surface area contributed by atoms with Crippen LogP contribution >= 0.6 is 0 Å². The normalized spacial score (nSPS) is 17.5. The van der Waals surface area contributed by atoms with Gasteiger partial charge in [-0.3, -0.25) is 19.8 Å². The predicted molar refractivity (Wildman–Crippen MR) is 179 cm³/mol. The average Bonchev–Trinajstić information content (AvgIpc) is 2.99. The standard InChI is InChI=1S/C34H43N3O2.C2H6N2O/c1-33(2,35)19-10-16-31(38)36(4)30(23-27-17-18-28-14-8-9-15-29(28)22-27)32(39)37-21-11-20-34(3,25-37)24-26-12-6-5-7-13-26;1-3-4-2-5/h5-10,12-18,22,30H,11,19-21,23-25,35H2,1-4H3;2-3H,1H3,(H,4,5)/b16-10+;/t30?,34-;/m0./s1. The monoisotopic (exact) mass is 599 g/mol. The van der Waals surface area contributed by atoms with Crippen LogP contribution in [0.2, 0.25) is 0 Å². The zero-order valence-electron chi connectivity index (χ0n) is 26.9. The summed E-state index contributed by atoms with van der Waals surface area (Å²) in [5, 5.41) is 2.29. The highest BCUT2D eigenvalue weighted by Crippen LogP contribution is 2.34. The number of nitrogens with zero attached hydrogens (tertiary/aromatic N) is 2. The second-order valence-corrected chi connectivity index (χ2v) is 12.8. The molecule has 236 valence electrons. The molecule has 1 saturated heterocycles. The molecule has 0 aromatic heterocycles. The molecular weight excluding hydrogens is 550 g/mol. The van der Waals surface area contributed by atoms with Crippen LogP contribution < -0.4 is 16.6 Å². The van der Waals surface area contributed by atoms with E-state index in [1.54, 1.807) is 25.1 Å². The van der Waals surface area contributed by atoms with Crippen LogP contribution in [0, 0.1) is 5.41 Å². The van der Waals surface area contributed by atoms with Gasteiger partial charge in [0.15, 0.2) is 0 Å². The van der Waals surface area contributed by atoms with Gasteiger partial charge in [-0.1, -0.05) is 85.8 Å². The molecule has 3 aromatic carbocycles. The molecule has 4 N–H and O–H groups in total. The molecule has 1 heterocycles. The fourth-order valence-corrected chi connectivity index (χ4v) is 5.72. The predicted octanol–water partition coefficient (Wildman–Crippen LogP) is 4.63. The molecule has 3 amide bonds. The maximum absolute atomic E-state index is 14.2. The van der Waals surface area contributed by atoms with E-state index in [4.69, 9.17) is 5.73 Å². The zero-order valence-corrected chi connectivity index (χ0v) is 26.9. The molecule has 1 unspecified atom stereocenters. The molecule has 8 heteroatoms. The second kappa shape index (κ2) is 16.2. The molecule has 3 aromatic rings. The van der Waals surface area contributed by atoms with Crippen LogP contribution in [0.5, 0.6) is 0 Å². The highest BCUT2D eigenvalue weighted by molar-refractivity contribution is 5.93. The van der Waals surface area contributed by atoms with Gasteiger partial charge in [0.05, 0.1) is 0 Å². The number of hydrogen-bond acceptors (Lipinski definition) is 5. The van der Waals surface area contributed by atoms with Crippen LogP contribution in [0.1, 0.15) is 51.2 Å². The molecule has 8 nitrogen and oxygen atoms in total. The Morgan fingerprint density at radius 3 is 2.36 bits per heavy atom. The first-order valence-electron chi connectivity index (χ1n) is 15.3. The summed E-state index contributed by atoms with van der Waals surface area (Å²) in [7, 11) is 3.37. The van der Waals surface area contributed by atoms with Crippen molar-refractivity contribution in [2.75, 3.05) is 27.2 Å². The summed E-state index contributed by atoms with van der Waals surface area (Å²) in [6, 6.07) is 24.4. The molecule has 0 aliphatic carbocycles. The van der Waals surface area contributed by atoms with Gasteiger partial charge in [0.1, 0.15) is 6.04 Å². The number of piperidine rings is 1. The molecule has 0 spiro atoms. The van der Waals surface area contributed by atoms with E-state index in [9.17, 15) is 14.4 Å². The summed E-state index contributed by atoms with van der Waals surface area (Å²) in [6.45, 7) is 7.55. The summed E-state index contributed by atoms with van der Waals surface area (Å²) in [6.07, 6.45) is 7.96. The molecule has 0 radical (unpaired) electrons. The number of nitrogens with one attached hydrogen (secondary N) is 2. The largest absolute Gasteiger partial charge is 0.340 e. The second-order valence-electron chi connectivity index (χ2n) is 12.8. The lowest BCUT2D eigenvalue weighted by molar-refractivity contribution is -0.144. The summed E-state index contributed by atoms with van der Waals surface area (Å²) in [4.78, 5) is 40.3. The maximum Gasteiger partial charge on any atom is 0.246 e. The van der Waals surface area contributed by atoms with Crippen molar-refractivity contribution in [1.29, 1.82) is 0 Å². The van der Waals surface area contributed by atoms with Crippen LogP contribution in [0.15, 0.2) is 84.9 Å². The van der Waals surface area contributed by atoms with Crippen LogP contribution in [0.3, 0.4) is 0 Å². The van der Waals surface area contributed by atoms with Crippen molar-refractivity contribution in [3.63, 3.8) is 0 Å². The van der Waals surface area contributed by atoms with E-state index in [2.05, 4.69) is 72.4 Å². The first kappa shape index (κ1) is 34.5. The number of likely N-dealkylation sites (tertiary alicyclic amines) is 1. The minimum Gasteiger partial charge on any atom is -0.340 e. The van der Waals surface area contributed by atoms with Gasteiger partial charge in [-0.2, -0.15) is 0 Å². The lowest BCUT2D eigenvalue weighted by Crippen LogP contribution is -2.54. The van der Waals surface area contributed by atoms with Gasteiger partial charge < -0.3 is 15.5 Å². The van der Waals surface area contributed by atoms with Crippen molar-refractivity contribution in [1.82, 2.24) is 20.7 Å². The number of fused-ring (bicyclic) bond motifs is 1. The number of benzene rings is 3. The summed E-state index contributed by atoms with van der Waals surface area (Å²) in [5.41, 5.74) is 12.6. The first-order valence-corrected chi connectivity index (χ1v) is 15.3. The van der Waals surface area contributed by atoms with Crippen LogP contribution in [-0.2, 0) is 27.2 Å². The molecule has 2 atom stereocenters. The smallest absolute Gasteiger partial charge is 0.246 e. The Hall–Kier alpha value is -4.01. The Labute approximate surface area is 262 Å². The highest BCUT2D eigenvalue weighted by Gasteiger charge is 2.37. The molecule has 4 rings (SSSR count). The Morgan fingerprint density at radius 1 is 1.05 bits per heavy atom. The van der Waals surface area contributed by atoms with Gasteiger partial charge >= 0.3 is 0 Å². The van der Waals surface area contributed by atoms with E-state index in [1.165, 1.54) is 5.56 Å². The van der Waals surface area contributed by atoms with Gasteiger partial charge in [-0.15, -0.1) is 0 Å². The van der Waals surface area contributed by atoms with Gasteiger partial charge in [0.2, 0.25) is 18.2 Å². The highest BCUT2D eigenvalue weighted by atomic mass is 16.2. The summed E-state index contributed by atoms with van der Waals surface area (Å²) < 4.78 is 0. The Kier molecular flexibility index (Phi) is 12.7. The number of likely N-dealkylation sites (N-methyl/N-ethyl adjacent to an activating group) is 1. The number of carbonyl (C=O) groups excluding carboxylic acids is 3. The molecular formula is C36H49N5O3. The van der Waals surface area contributed by atoms with Gasteiger partial charge in [-0.05, 0) is 72.9 Å². The summed E-state index contributed by atoms with van der Waals surface area (Å²) >= 11 is 0. The SMILES string of the molecule is CN(C(=O)/C=C/CC(C)(C)N)C(Cc1ccc2ccccc2c1)C(=O)N1CCC[C@@](C)(Cc2ccccc2)C1.CNNC=O. The van der Waals surface area contributed by atoms with Crippen molar-refractivity contribution in [2.45, 2.75) is 64.5 Å². The Bertz CT molecular complexity index is 1400. The van der Waals surface area contributed by atoms with Crippen LogP contribution in [-0.4, -0.2) is 66.8 Å². The van der Waals surface area contributed by atoms with Crippen molar-refractivity contribution >= 4 is 29.0 Å². The van der Waals surface area contributed by atoms with Crippen molar-refractivity contribution in [2.24, 2.45) is 11.1 Å². The Morgan fingerprint density at radius 2 is 1.73 bits per heavy atom. The summed E-state index contributed by atoms with van der Waals surface area (Å²) in [5.74, 6) is -0.159. The van der Waals surface area contributed by atoms with Crippen molar-refractivity contribution in [3.05, 3.63) is 96.1 Å². The van der Waals surface area contributed by atoms with Crippen LogP contribution in [0.4, 0.5) is 0 Å². The molecule has 1 aliphatic heterocycles. The van der Waals surface area contributed by atoms with E-state index in [0.29, 0.717) is 25.8 Å². The number of amides is 3. The number of hydrogen-bond donors (Lipinski definition) is 3. The molecule has 1 fully saturated rings.